The van der Waals surface area contributed by atoms with Crippen LogP contribution in [0.1, 0.15) is 16.8 Å². The number of hydrogen-bond acceptors (Lipinski definition) is 2. The normalized spacial score (nSPS) is 11.9. The Bertz CT molecular complexity index is 627. The molecule has 0 bridgehead atoms. The van der Waals surface area contributed by atoms with Crippen molar-refractivity contribution in [3.8, 4) is 11.1 Å². The smallest absolute Gasteiger partial charge is 0.383 e. The van der Waals surface area contributed by atoms with Gasteiger partial charge in [-0.25, -0.2) is 0 Å². The number of aromatic nitrogens is 2. The lowest BCUT2D eigenvalue weighted by Crippen LogP contribution is -2.08. The SMILES string of the molecule is Cc1ccc(-c2c(C(F)(F)F)nn(C)c2N)c(C)c1. The molecule has 0 spiro atoms. The lowest BCUT2D eigenvalue weighted by Gasteiger charge is -2.10. The number of nitrogen functional groups attached to an aromatic ring is 1. The van der Waals surface area contributed by atoms with Crippen LogP contribution in [0, 0.1) is 13.8 Å². The van der Waals surface area contributed by atoms with Crippen LogP contribution < -0.4 is 5.73 Å². The molecule has 0 radical (unpaired) electrons. The lowest BCUT2D eigenvalue weighted by atomic mass is 9.98. The minimum atomic E-state index is -4.53. The van der Waals surface area contributed by atoms with Gasteiger partial charge >= 0.3 is 6.18 Å². The largest absolute Gasteiger partial charge is 0.435 e. The summed E-state index contributed by atoms with van der Waals surface area (Å²) in [5, 5.41) is 3.49. The summed E-state index contributed by atoms with van der Waals surface area (Å²) in [5.74, 6) is 0.0132. The first-order chi connectivity index (χ1) is 8.71. The van der Waals surface area contributed by atoms with Gasteiger partial charge in [0.25, 0.3) is 0 Å². The number of benzene rings is 1. The molecule has 102 valence electrons. The first kappa shape index (κ1) is 13.5. The molecule has 0 saturated carbocycles. The monoisotopic (exact) mass is 269 g/mol. The van der Waals surface area contributed by atoms with Crippen molar-refractivity contribution < 1.29 is 13.2 Å². The Kier molecular flexibility index (Phi) is 3.04. The second-order valence-electron chi connectivity index (χ2n) is 4.55. The first-order valence-corrected chi connectivity index (χ1v) is 5.69. The summed E-state index contributed by atoms with van der Waals surface area (Å²) < 4.78 is 40.1. The Balaban J connectivity index is 2.74. The van der Waals surface area contributed by atoms with Gasteiger partial charge in [0.05, 0.1) is 5.56 Å². The standard InChI is InChI=1S/C13H14F3N3/c1-7-4-5-9(8(2)6-7)10-11(13(14,15)16)18-19(3)12(10)17/h4-6H,17H2,1-3H3. The van der Waals surface area contributed by atoms with E-state index in [9.17, 15) is 13.2 Å². The maximum absolute atomic E-state index is 13.0. The topological polar surface area (TPSA) is 43.8 Å². The van der Waals surface area contributed by atoms with Crippen molar-refractivity contribution in [1.29, 1.82) is 0 Å². The van der Waals surface area contributed by atoms with E-state index in [4.69, 9.17) is 5.73 Å². The van der Waals surface area contributed by atoms with E-state index in [-0.39, 0.29) is 11.4 Å². The molecule has 0 amide bonds. The quantitative estimate of drug-likeness (QED) is 0.863. The number of anilines is 1. The third-order valence-electron chi connectivity index (χ3n) is 3.01. The number of halogens is 3. The molecule has 1 aromatic carbocycles. The van der Waals surface area contributed by atoms with E-state index >= 15 is 0 Å². The fraction of sp³-hybridized carbons (Fsp3) is 0.308. The summed E-state index contributed by atoms with van der Waals surface area (Å²) in [6.45, 7) is 3.64. The van der Waals surface area contributed by atoms with E-state index in [0.717, 1.165) is 15.8 Å². The van der Waals surface area contributed by atoms with E-state index in [1.54, 1.807) is 19.1 Å². The van der Waals surface area contributed by atoms with Gasteiger partial charge in [0.15, 0.2) is 5.69 Å². The highest BCUT2D eigenvalue weighted by Gasteiger charge is 2.39. The van der Waals surface area contributed by atoms with E-state index in [2.05, 4.69) is 5.10 Å². The minimum Gasteiger partial charge on any atom is -0.383 e. The van der Waals surface area contributed by atoms with Gasteiger partial charge in [-0.1, -0.05) is 23.8 Å². The number of nitrogens with two attached hydrogens (primary N) is 1. The van der Waals surface area contributed by atoms with Crippen LogP contribution in [0.2, 0.25) is 0 Å². The average molecular weight is 269 g/mol. The summed E-state index contributed by atoms with van der Waals surface area (Å²) in [4.78, 5) is 0. The number of rotatable bonds is 1. The van der Waals surface area contributed by atoms with Crippen LogP contribution in [0.3, 0.4) is 0 Å². The van der Waals surface area contributed by atoms with Gasteiger partial charge in [-0.15, -0.1) is 0 Å². The van der Waals surface area contributed by atoms with Crippen LogP contribution >= 0.6 is 0 Å². The fourth-order valence-corrected chi connectivity index (χ4v) is 2.10. The number of aryl methyl sites for hydroxylation is 3. The summed E-state index contributed by atoms with van der Waals surface area (Å²) in [7, 11) is 1.40. The van der Waals surface area contributed by atoms with Crippen molar-refractivity contribution in [3.63, 3.8) is 0 Å². The molecular weight excluding hydrogens is 255 g/mol. The highest BCUT2D eigenvalue weighted by molar-refractivity contribution is 5.79. The van der Waals surface area contributed by atoms with Crippen LogP contribution in [0.4, 0.5) is 19.0 Å². The van der Waals surface area contributed by atoms with Crippen molar-refractivity contribution in [3.05, 3.63) is 35.0 Å². The van der Waals surface area contributed by atoms with Crippen molar-refractivity contribution in [2.24, 2.45) is 7.05 Å². The lowest BCUT2D eigenvalue weighted by molar-refractivity contribution is -0.140. The molecule has 1 aromatic heterocycles. The second-order valence-corrected chi connectivity index (χ2v) is 4.55. The zero-order valence-electron chi connectivity index (χ0n) is 10.8. The number of alkyl halides is 3. The van der Waals surface area contributed by atoms with Crippen molar-refractivity contribution >= 4 is 5.82 Å². The van der Waals surface area contributed by atoms with Crippen LogP contribution in [-0.4, -0.2) is 9.78 Å². The molecule has 19 heavy (non-hydrogen) atoms. The summed E-state index contributed by atoms with van der Waals surface area (Å²) in [5.41, 5.74) is 6.93. The van der Waals surface area contributed by atoms with Crippen molar-refractivity contribution in [2.45, 2.75) is 20.0 Å². The molecule has 0 unspecified atom stereocenters. The summed E-state index contributed by atoms with van der Waals surface area (Å²) >= 11 is 0. The van der Waals surface area contributed by atoms with Gasteiger partial charge in [-0.3, -0.25) is 4.68 Å². The molecule has 6 heteroatoms. The molecule has 2 rings (SSSR count). The first-order valence-electron chi connectivity index (χ1n) is 5.69. The zero-order valence-corrected chi connectivity index (χ0v) is 10.8. The van der Waals surface area contributed by atoms with Gasteiger partial charge in [0.2, 0.25) is 0 Å². The van der Waals surface area contributed by atoms with Gasteiger partial charge in [0.1, 0.15) is 5.82 Å². The molecule has 1 heterocycles. The minimum absolute atomic E-state index is 0.0132. The Morgan fingerprint density at radius 3 is 2.37 bits per heavy atom. The zero-order chi connectivity index (χ0) is 14.4. The predicted molar refractivity (Wildman–Crippen MR) is 67.5 cm³/mol. The average Bonchev–Trinajstić information content (AvgIpc) is 2.56. The van der Waals surface area contributed by atoms with E-state index in [1.807, 2.05) is 13.0 Å². The summed E-state index contributed by atoms with van der Waals surface area (Å²) in [6, 6.07) is 5.23. The van der Waals surface area contributed by atoms with E-state index in [1.165, 1.54) is 7.05 Å². The predicted octanol–water partition coefficient (Wildman–Crippen LogP) is 3.30. The van der Waals surface area contributed by atoms with Gasteiger partial charge in [0, 0.05) is 7.05 Å². The number of nitrogens with zero attached hydrogens (tertiary/aromatic N) is 2. The van der Waals surface area contributed by atoms with Crippen LogP contribution in [-0.2, 0) is 13.2 Å². The molecular formula is C13H14F3N3. The molecule has 0 aliphatic heterocycles. The van der Waals surface area contributed by atoms with E-state index < -0.39 is 11.9 Å². The fourth-order valence-electron chi connectivity index (χ4n) is 2.10. The Hall–Kier alpha value is -1.98. The molecule has 0 aliphatic rings. The molecule has 0 aliphatic carbocycles. The maximum atomic E-state index is 13.0. The molecule has 0 fully saturated rings. The molecule has 2 aromatic rings. The Labute approximate surface area is 108 Å². The highest BCUT2D eigenvalue weighted by Crippen LogP contribution is 2.40. The Morgan fingerprint density at radius 2 is 1.84 bits per heavy atom. The molecule has 0 atom stereocenters. The third-order valence-corrected chi connectivity index (χ3v) is 3.01. The van der Waals surface area contributed by atoms with Crippen molar-refractivity contribution in [2.75, 3.05) is 5.73 Å². The number of hydrogen-bond donors (Lipinski definition) is 1. The van der Waals surface area contributed by atoms with Crippen LogP contribution in [0.15, 0.2) is 18.2 Å². The maximum Gasteiger partial charge on any atom is 0.435 e. The highest BCUT2D eigenvalue weighted by atomic mass is 19.4. The van der Waals surface area contributed by atoms with E-state index in [0.29, 0.717) is 5.56 Å². The molecule has 3 nitrogen and oxygen atoms in total. The van der Waals surface area contributed by atoms with Gasteiger partial charge in [-0.2, -0.15) is 18.3 Å². The van der Waals surface area contributed by atoms with Crippen LogP contribution in [0.5, 0.6) is 0 Å². The third kappa shape index (κ3) is 2.30. The van der Waals surface area contributed by atoms with Crippen LogP contribution in [0.25, 0.3) is 11.1 Å². The second kappa shape index (κ2) is 4.29. The van der Waals surface area contributed by atoms with Gasteiger partial charge < -0.3 is 5.73 Å². The molecule has 2 N–H and O–H groups in total. The Morgan fingerprint density at radius 1 is 1.21 bits per heavy atom. The molecule has 0 saturated heterocycles. The summed E-state index contributed by atoms with van der Waals surface area (Å²) in [6.07, 6.45) is -4.53. The van der Waals surface area contributed by atoms with Gasteiger partial charge in [-0.05, 0) is 25.0 Å². The van der Waals surface area contributed by atoms with Crippen molar-refractivity contribution in [1.82, 2.24) is 9.78 Å².